The van der Waals surface area contributed by atoms with Crippen LogP contribution in [0.25, 0.3) is 0 Å². The minimum absolute atomic E-state index is 0.00385. The van der Waals surface area contributed by atoms with Gasteiger partial charge in [-0.25, -0.2) is 14.2 Å². The van der Waals surface area contributed by atoms with Gasteiger partial charge in [-0.3, -0.25) is 5.84 Å². The van der Waals surface area contributed by atoms with Gasteiger partial charge in [0.25, 0.3) is 0 Å². The fourth-order valence-electron chi connectivity index (χ4n) is 1.76. The Morgan fingerprint density at radius 3 is 2.39 bits per heavy atom. The van der Waals surface area contributed by atoms with Crippen LogP contribution >= 0.6 is 11.6 Å². The van der Waals surface area contributed by atoms with E-state index in [0.29, 0.717) is 11.1 Å². The molecule has 0 amide bonds. The van der Waals surface area contributed by atoms with Crippen LogP contribution in [0.3, 0.4) is 0 Å². The molecule has 0 saturated carbocycles. The summed E-state index contributed by atoms with van der Waals surface area (Å²) in [4.78, 5) is 0. The maximum absolute atomic E-state index is 13.2. The highest BCUT2D eigenvalue weighted by molar-refractivity contribution is 6.30. The van der Waals surface area contributed by atoms with E-state index in [9.17, 15) is 8.78 Å². The van der Waals surface area contributed by atoms with Crippen molar-refractivity contribution in [2.75, 3.05) is 0 Å². The van der Waals surface area contributed by atoms with Crippen molar-refractivity contribution in [3.63, 3.8) is 0 Å². The molecule has 1 unspecified atom stereocenters. The lowest BCUT2D eigenvalue weighted by Crippen LogP contribution is -2.28. The molecule has 0 aliphatic rings. The maximum Gasteiger partial charge on any atom is 0.141 e. The van der Waals surface area contributed by atoms with Gasteiger partial charge in [0, 0.05) is 0 Å². The molecule has 0 aliphatic heterocycles. The number of benzene rings is 2. The van der Waals surface area contributed by atoms with Crippen molar-refractivity contribution in [3.8, 4) is 0 Å². The first-order chi connectivity index (χ1) is 8.61. The normalized spacial score (nSPS) is 12.4. The molecule has 0 aliphatic carbocycles. The summed E-state index contributed by atoms with van der Waals surface area (Å²) in [5.74, 6) is 4.60. The van der Waals surface area contributed by atoms with E-state index in [0.717, 1.165) is 0 Å². The highest BCUT2D eigenvalue weighted by Gasteiger charge is 2.14. The van der Waals surface area contributed by atoms with Crippen LogP contribution in [-0.4, -0.2) is 0 Å². The first-order valence-corrected chi connectivity index (χ1v) is 5.66. The Morgan fingerprint density at radius 1 is 1.06 bits per heavy atom. The average Bonchev–Trinajstić information content (AvgIpc) is 2.35. The summed E-state index contributed by atoms with van der Waals surface area (Å²) < 4.78 is 26.3. The molecule has 0 heterocycles. The second-order valence-corrected chi connectivity index (χ2v) is 4.24. The standard InChI is InChI=1S/C13H11ClF2N2/c14-11-7-9(4-5-12(11)16)13(18-17)8-2-1-3-10(15)6-8/h1-7,13,18H,17H2. The number of nitrogens with one attached hydrogen (secondary N) is 1. The van der Waals surface area contributed by atoms with Gasteiger partial charge in [-0.1, -0.05) is 29.8 Å². The largest absolute Gasteiger partial charge is 0.271 e. The Labute approximate surface area is 108 Å². The van der Waals surface area contributed by atoms with E-state index in [2.05, 4.69) is 5.43 Å². The number of rotatable bonds is 3. The molecule has 0 radical (unpaired) electrons. The van der Waals surface area contributed by atoms with Crippen LogP contribution < -0.4 is 11.3 Å². The molecule has 3 N–H and O–H groups in total. The summed E-state index contributed by atoms with van der Waals surface area (Å²) in [5.41, 5.74) is 3.86. The van der Waals surface area contributed by atoms with Gasteiger partial charge in [0.1, 0.15) is 11.6 Å². The van der Waals surface area contributed by atoms with Gasteiger partial charge in [-0.15, -0.1) is 0 Å². The van der Waals surface area contributed by atoms with Crippen molar-refractivity contribution in [3.05, 3.63) is 70.2 Å². The van der Waals surface area contributed by atoms with E-state index in [-0.39, 0.29) is 10.8 Å². The van der Waals surface area contributed by atoms with Crippen molar-refractivity contribution >= 4 is 11.6 Å². The fourth-order valence-corrected chi connectivity index (χ4v) is 1.95. The second kappa shape index (κ2) is 5.44. The Kier molecular flexibility index (Phi) is 3.91. The SMILES string of the molecule is NNC(c1cccc(F)c1)c1ccc(F)c(Cl)c1. The first-order valence-electron chi connectivity index (χ1n) is 5.28. The van der Waals surface area contributed by atoms with Crippen molar-refractivity contribution in [2.24, 2.45) is 5.84 Å². The molecular weight excluding hydrogens is 258 g/mol. The Bertz CT molecular complexity index is 560. The number of hydrazine groups is 1. The zero-order valence-corrected chi connectivity index (χ0v) is 10.1. The lowest BCUT2D eigenvalue weighted by atomic mass is 9.99. The summed E-state index contributed by atoms with van der Waals surface area (Å²) in [5, 5.41) is 0.00385. The number of hydrogen-bond donors (Lipinski definition) is 2. The Hall–Kier alpha value is -1.49. The van der Waals surface area contributed by atoms with E-state index >= 15 is 0 Å². The van der Waals surface area contributed by atoms with Crippen LogP contribution in [0.5, 0.6) is 0 Å². The third-order valence-corrected chi connectivity index (χ3v) is 2.92. The van der Waals surface area contributed by atoms with E-state index in [1.54, 1.807) is 18.2 Å². The van der Waals surface area contributed by atoms with Gasteiger partial charge in [0.05, 0.1) is 11.1 Å². The predicted molar refractivity (Wildman–Crippen MR) is 67.0 cm³/mol. The highest BCUT2D eigenvalue weighted by Crippen LogP contribution is 2.25. The number of halogens is 3. The van der Waals surface area contributed by atoms with Gasteiger partial charge in [0.2, 0.25) is 0 Å². The van der Waals surface area contributed by atoms with E-state index in [1.165, 1.54) is 24.3 Å². The topological polar surface area (TPSA) is 38.0 Å². The number of nitrogens with two attached hydrogens (primary N) is 1. The molecule has 1 atom stereocenters. The van der Waals surface area contributed by atoms with Crippen molar-refractivity contribution in [2.45, 2.75) is 6.04 Å². The molecule has 0 fully saturated rings. The molecule has 0 bridgehead atoms. The molecule has 94 valence electrons. The Morgan fingerprint density at radius 2 is 1.78 bits per heavy atom. The quantitative estimate of drug-likeness (QED) is 0.663. The minimum atomic E-state index is -0.504. The average molecular weight is 269 g/mol. The summed E-state index contributed by atoms with van der Waals surface area (Å²) >= 11 is 5.72. The fraction of sp³-hybridized carbons (Fsp3) is 0.0769. The molecule has 2 nitrogen and oxygen atoms in total. The lowest BCUT2D eigenvalue weighted by Gasteiger charge is -2.17. The zero-order valence-electron chi connectivity index (χ0n) is 9.33. The molecule has 0 spiro atoms. The Balaban J connectivity index is 2.42. The van der Waals surface area contributed by atoms with Crippen molar-refractivity contribution in [1.29, 1.82) is 0 Å². The third kappa shape index (κ3) is 2.67. The van der Waals surface area contributed by atoms with Crippen molar-refractivity contribution < 1.29 is 8.78 Å². The maximum atomic E-state index is 13.2. The molecule has 2 aromatic carbocycles. The zero-order chi connectivity index (χ0) is 13.1. The van der Waals surface area contributed by atoms with Gasteiger partial charge < -0.3 is 0 Å². The monoisotopic (exact) mass is 268 g/mol. The van der Waals surface area contributed by atoms with E-state index in [1.807, 2.05) is 0 Å². The summed E-state index contributed by atoms with van der Waals surface area (Å²) in [7, 11) is 0. The van der Waals surface area contributed by atoms with Gasteiger partial charge >= 0.3 is 0 Å². The van der Waals surface area contributed by atoms with Gasteiger partial charge in [0.15, 0.2) is 0 Å². The van der Waals surface area contributed by atoms with Crippen LogP contribution in [0.15, 0.2) is 42.5 Å². The summed E-state index contributed by atoms with van der Waals surface area (Å²) in [6, 6.07) is 9.84. The molecule has 2 rings (SSSR count). The highest BCUT2D eigenvalue weighted by atomic mass is 35.5. The second-order valence-electron chi connectivity index (χ2n) is 3.83. The molecule has 0 aromatic heterocycles. The predicted octanol–water partition coefficient (Wildman–Crippen LogP) is 3.17. The molecular formula is C13H11ClF2N2. The van der Waals surface area contributed by atoms with Crippen molar-refractivity contribution in [1.82, 2.24) is 5.43 Å². The van der Waals surface area contributed by atoms with Crippen LogP contribution in [0.1, 0.15) is 17.2 Å². The smallest absolute Gasteiger partial charge is 0.141 e. The summed E-state index contributed by atoms with van der Waals surface area (Å²) in [6.45, 7) is 0. The minimum Gasteiger partial charge on any atom is -0.271 e. The third-order valence-electron chi connectivity index (χ3n) is 2.63. The summed E-state index contributed by atoms with van der Waals surface area (Å²) in [6.07, 6.45) is 0. The number of hydrogen-bond acceptors (Lipinski definition) is 2. The van der Waals surface area contributed by atoms with Gasteiger partial charge in [-0.05, 0) is 35.4 Å². The van der Waals surface area contributed by atoms with Crippen LogP contribution in [0.2, 0.25) is 5.02 Å². The first kappa shape index (κ1) is 13.0. The molecule has 0 saturated heterocycles. The molecule has 18 heavy (non-hydrogen) atoms. The van der Waals surface area contributed by atoms with Crippen LogP contribution in [0.4, 0.5) is 8.78 Å². The van der Waals surface area contributed by atoms with Crippen LogP contribution in [-0.2, 0) is 0 Å². The molecule has 2 aromatic rings. The van der Waals surface area contributed by atoms with Crippen LogP contribution in [0, 0.1) is 11.6 Å². The van der Waals surface area contributed by atoms with Gasteiger partial charge in [-0.2, -0.15) is 0 Å². The van der Waals surface area contributed by atoms with E-state index < -0.39 is 11.9 Å². The lowest BCUT2D eigenvalue weighted by molar-refractivity contribution is 0.601. The van der Waals surface area contributed by atoms with E-state index in [4.69, 9.17) is 17.4 Å². The molecule has 5 heteroatoms.